The molecule has 3 atom stereocenters. The highest BCUT2D eigenvalue weighted by molar-refractivity contribution is 5.75. The molecule has 6 heteroatoms. The number of ether oxygens (including phenoxy) is 1. The van der Waals surface area contributed by atoms with Gasteiger partial charge >= 0.3 is 12.0 Å². The Hall–Kier alpha value is -2.24. The zero-order valence-electron chi connectivity index (χ0n) is 14.1. The average molecular weight is 332 g/mol. The van der Waals surface area contributed by atoms with Crippen molar-refractivity contribution in [3.05, 3.63) is 29.8 Å². The summed E-state index contributed by atoms with van der Waals surface area (Å²) < 4.78 is 6.01. The number of hydrogen-bond acceptors (Lipinski definition) is 3. The molecule has 0 aliphatic carbocycles. The Morgan fingerprint density at radius 2 is 1.96 bits per heavy atom. The number of carbonyl (C=O) groups excluding carboxylic acids is 1. The van der Waals surface area contributed by atoms with Crippen molar-refractivity contribution in [2.24, 2.45) is 5.92 Å². The number of carbonyl (C=O) groups is 2. The largest absolute Gasteiger partial charge is 0.487 e. The van der Waals surface area contributed by atoms with Crippen molar-refractivity contribution in [3.63, 3.8) is 0 Å². The van der Waals surface area contributed by atoms with Crippen LogP contribution in [0.2, 0.25) is 0 Å². The van der Waals surface area contributed by atoms with E-state index in [1.807, 2.05) is 25.1 Å². The second-order valence-corrected chi connectivity index (χ2v) is 6.75. The fraction of sp³-hybridized carbons (Fsp3) is 0.556. The number of rotatable bonds is 3. The van der Waals surface area contributed by atoms with E-state index in [1.54, 1.807) is 4.90 Å². The van der Waals surface area contributed by atoms with Crippen molar-refractivity contribution >= 4 is 12.0 Å². The lowest BCUT2D eigenvalue weighted by Crippen LogP contribution is -2.51. The zero-order chi connectivity index (χ0) is 17.3. The van der Waals surface area contributed by atoms with Gasteiger partial charge in [-0.05, 0) is 25.8 Å². The zero-order valence-corrected chi connectivity index (χ0v) is 14.1. The molecule has 24 heavy (non-hydrogen) atoms. The summed E-state index contributed by atoms with van der Waals surface area (Å²) in [5, 5.41) is 12.0. The SMILES string of the molecule is CC(NC(=O)N1CCC(C(=O)O)CC1)C1Oc2ccccc2C1C. The Labute approximate surface area is 141 Å². The van der Waals surface area contributed by atoms with Gasteiger partial charge in [-0.25, -0.2) is 4.79 Å². The fourth-order valence-corrected chi connectivity index (χ4v) is 3.62. The molecule has 2 aliphatic rings. The van der Waals surface area contributed by atoms with Crippen LogP contribution in [0.3, 0.4) is 0 Å². The van der Waals surface area contributed by atoms with Gasteiger partial charge in [0.2, 0.25) is 0 Å². The normalized spacial score (nSPS) is 24.8. The van der Waals surface area contributed by atoms with Crippen LogP contribution < -0.4 is 10.1 Å². The highest BCUT2D eigenvalue weighted by Gasteiger charge is 2.36. The molecule has 2 amide bonds. The Bertz CT molecular complexity index is 625. The highest BCUT2D eigenvalue weighted by atomic mass is 16.5. The number of carboxylic acids is 1. The number of nitrogens with zero attached hydrogens (tertiary/aromatic N) is 1. The predicted molar refractivity (Wildman–Crippen MR) is 89.2 cm³/mol. The number of piperidine rings is 1. The number of fused-ring (bicyclic) bond motifs is 1. The van der Waals surface area contributed by atoms with Crippen molar-refractivity contribution < 1.29 is 19.4 Å². The third kappa shape index (κ3) is 3.18. The molecule has 0 bridgehead atoms. The van der Waals surface area contributed by atoms with E-state index < -0.39 is 5.97 Å². The molecule has 0 aromatic heterocycles. The lowest BCUT2D eigenvalue weighted by Gasteiger charge is -2.32. The molecule has 6 nitrogen and oxygen atoms in total. The Kier molecular flexibility index (Phi) is 4.64. The van der Waals surface area contributed by atoms with E-state index in [9.17, 15) is 9.59 Å². The molecule has 2 heterocycles. The van der Waals surface area contributed by atoms with E-state index in [0.29, 0.717) is 25.9 Å². The smallest absolute Gasteiger partial charge is 0.317 e. The second-order valence-electron chi connectivity index (χ2n) is 6.75. The van der Waals surface area contributed by atoms with Gasteiger partial charge in [-0.3, -0.25) is 4.79 Å². The first-order valence-corrected chi connectivity index (χ1v) is 8.51. The highest BCUT2D eigenvalue weighted by Crippen LogP contribution is 2.38. The van der Waals surface area contributed by atoms with Gasteiger partial charge < -0.3 is 20.1 Å². The Morgan fingerprint density at radius 3 is 2.58 bits per heavy atom. The molecule has 1 saturated heterocycles. The molecule has 1 fully saturated rings. The van der Waals surface area contributed by atoms with E-state index in [2.05, 4.69) is 18.3 Å². The first kappa shape index (κ1) is 16.6. The van der Waals surface area contributed by atoms with Crippen LogP contribution in [0.15, 0.2) is 24.3 Å². The molecule has 0 spiro atoms. The van der Waals surface area contributed by atoms with Crippen LogP contribution >= 0.6 is 0 Å². The van der Waals surface area contributed by atoms with Crippen molar-refractivity contribution in [1.29, 1.82) is 0 Å². The molecule has 3 unspecified atom stereocenters. The summed E-state index contributed by atoms with van der Waals surface area (Å²) in [4.78, 5) is 25.1. The van der Waals surface area contributed by atoms with Gasteiger partial charge in [-0.1, -0.05) is 25.1 Å². The van der Waals surface area contributed by atoms with Gasteiger partial charge in [0.05, 0.1) is 12.0 Å². The number of likely N-dealkylation sites (tertiary alicyclic amines) is 1. The maximum absolute atomic E-state index is 12.4. The molecule has 130 valence electrons. The molecule has 2 N–H and O–H groups in total. The summed E-state index contributed by atoms with van der Waals surface area (Å²) in [5.41, 5.74) is 1.17. The lowest BCUT2D eigenvalue weighted by atomic mass is 9.94. The fourth-order valence-electron chi connectivity index (χ4n) is 3.62. The molecule has 0 radical (unpaired) electrons. The Balaban J connectivity index is 1.55. The summed E-state index contributed by atoms with van der Waals surface area (Å²) in [6, 6.07) is 7.69. The summed E-state index contributed by atoms with van der Waals surface area (Å²) in [6.45, 7) is 5.03. The van der Waals surface area contributed by atoms with Crippen LogP contribution in [-0.2, 0) is 4.79 Å². The third-order valence-electron chi connectivity index (χ3n) is 5.14. The van der Waals surface area contributed by atoms with Gasteiger partial charge in [-0.2, -0.15) is 0 Å². The van der Waals surface area contributed by atoms with Crippen molar-refractivity contribution in [3.8, 4) is 5.75 Å². The van der Waals surface area contributed by atoms with Crippen molar-refractivity contribution in [1.82, 2.24) is 10.2 Å². The number of para-hydroxylation sites is 1. The number of benzene rings is 1. The van der Waals surface area contributed by atoms with E-state index in [-0.39, 0.29) is 30.0 Å². The summed E-state index contributed by atoms with van der Waals surface area (Å²) in [5.74, 6) is 0.00106. The number of nitrogens with one attached hydrogen (secondary N) is 1. The van der Waals surface area contributed by atoms with Crippen LogP contribution in [0.1, 0.15) is 38.2 Å². The van der Waals surface area contributed by atoms with Gasteiger partial charge in [0.1, 0.15) is 11.9 Å². The number of carboxylic acid groups (broad SMARTS) is 1. The van der Waals surface area contributed by atoms with Crippen LogP contribution in [0.4, 0.5) is 4.79 Å². The molecule has 0 saturated carbocycles. The molecular weight excluding hydrogens is 308 g/mol. The Morgan fingerprint density at radius 1 is 1.29 bits per heavy atom. The monoisotopic (exact) mass is 332 g/mol. The molecule has 3 rings (SSSR count). The van der Waals surface area contributed by atoms with Crippen molar-refractivity contribution in [2.45, 2.75) is 44.8 Å². The average Bonchev–Trinajstić information content (AvgIpc) is 2.92. The molecular formula is C18H24N2O4. The van der Waals surface area contributed by atoms with Crippen LogP contribution in [0.5, 0.6) is 5.75 Å². The maximum Gasteiger partial charge on any atom is 0.317 e. The quantitative estimate of drug-likeness (QED) is 0.891. The third-order valence-corrected chi connectivity index (χ3v) is 5.14. The van der Waals surface area contributed by atoms with Crippen LogP contribution in [-0.4, -0.2) is 47.2 Å². The summed E-state index contributed by atoms with van der Waals surface area (Å²) in [6.07, 6.45) is 0.931. The standard InChI is InChI=1S/C18H24N2O4/c1-11-14-5-3-4-6-15(14)24-16(11)12(2)19-18(23)20-9-7-13(8-10-20)17(21)22/h3-6,11-13,16H,7-10H2,1-2H3,(H,19,23)(H,21,22). The minimum atomic E-state index is -0.769. The number of hydrogen-bond donors (Lipinski definition) is 2. The lowest BCUT2D eigenvalue weighted by molar-refractivity contribution is -0.143. The van der Waals surface area contributed by atoms with Gasteiger partial charge in [0, 0.05) is 24.6 Å². The minimum absolute atomic E-state index is 0.0945. The van der Waals surface area contributed by atoms with E-state index >= 15 is 0 Å². The summed E-state index contributed by atoms with van der Waals surface area (Å²) >= 11 is 0. The topological polar surface area (TPSA) is 78.9 Å². The van der Waals surface area contributed by atoms with Crippen molar-refractivity contribution in [2.75, 3.05) is 13.1 Å². The minimum Gasteiger partial charge on any atom is -0.487 e. The number of aliphatic carboxylic acids is 1. The van der Waals surface area contributed by atoms with Crippen LogP contribution in [0.25, 0.3) is 0 Å². The van der Waals surface area contributed by atoms with E-state index in [0.717, 1.165) is 5.75 Å². The first-order chi connectivity index (χ1) is 11.5. The molecule has 1 aromatic carbocycles. The van der Waals surface area contributed by atoms with Crippen LogP contribution in [0, 0.1) is 5.92 Å². The molecule has 2 aliphatic heterocycles. The second kappa shape index (κ2) is 6.71. The van der Waals surface area contributed by atoms with Gasteiger partial charge in [0.15, 0.2) is 0 Å². The maximum atomic E-state index is 12.4. The number of urea groups is 1. The first-order valence-electron chi connectivity index (χ1n) is 8.51. The number of amides is 2. The van der Waals surface area contributed by atoms with Gasteiger partial charge in [-0.15, -0.1) is 0 Å². The summed E-state index contributed by atoms with van der Waals surface area (Å²) in [7, 11) is 0. The predicted octanol–water partition coefficient (Wildman–Crippen LogP) is 2.45. The van der Waals surface area contributed by atoms with E-state index in [1.165, 1.54) is 5.56 Å². The van der Waals surface area contributed by atoms with Gasteiger partial charge in [0.25, 0.3) is 0 Å². The van der Waals surface area contributed by atoms with E-state index in [4.69, 9.17) is 9.84 Å². The molecule has 1 aromatic rings.